The highest BCUT2D eigenvalue weighted by atomic mass is 32.2. The van der Waals surface area contributed by atoms with Crippen LogP contribution >= 0.6 is 0 Å². The quantitative estimate of drug-likeness (QED) is 0.523. The summed E-state index contributed by atoms with van der Waals surface area (Å²) in [5.74, 6) is 0.134. The van der Waals surface area contributed by atoms with E-state index in [1.165, 1.54) is 0 Å². The molecule has 92 valence electrons. The van der Waals surface area contributed by atoms with Crippen LogP contribution in [0.4, 0.5) is 0 Å². The van der Waals surface area contributed by atoms with Crippen molar-refractivity contribution in [3.63, 3.8) is 0 Å². The highest BCUT2D eigenvalue weighted by molar-refractivity contribution is 7.89. The van der Waals surface area contributed by atoms with Crippen LogP contribution < -0.4 is 10.0 Å². The van der Waals surface area contributed by atoms with Crippen molar-refractivity contribution in [1.29, 1.82) is 0 Å². The molecule has 0 aromatic carbocycles. The Kier molecular flexibility index (Phi) is 8.98. The molecule has 5 nitrogen and oxygen atoms in total. The Morgan fingerprint density at radius 2 is 1.93 bits per heavy atom. The number of ether oxygens (including phenoxy) is 1. The van der Waals surface area contributed by atoms with Crippen molar-refractivity contribution >= 4 is 10.0 Å². The third-order valence-corrected chi connectivity index (χ3v) is 3.28. The Hall–Kier alpha value is -0.170. The first-order valence-electron chi connectivity index (χ1n) is 5.29. The predicted molar refractivity (Wildman–Crippen MR) is 61.4 cm³/mol. The molecule has 0 bridgehead atoms. The van der Waals surface area contributed by atoms with Crippen molar-refractivity contribution < 1.29 is 13.2 Å². The number of hydrogen-bond acceptors (Lipinski definition) is 4. The third kappa shape index (κ3) is 10.1. The van der Waals surface area contributed by atoms with Crippen molar-refractivity contribution in [1.82, 2.24) is 10.0 Å². The molecule has 2 N–H and O–H groups in total. The molecule has 0 saturated carbocycles. The molecular weight excluding hydrogens is 216 g/mol. The van der Waals surface area contributed by atoms with E-state index in [-0.39, 0.29) is 5.75 Å². The van der Waals surface area contributed by atoms with Gasteiger partial charge in [0.05, 0.1) is 5.75 Å². The van der Waals surface area contributed by atoms with Crippen molar-refractivity contribution in [2.45, 2.75) is 19.8 Å². The highest BCUT2D eigenvalue weighted by Crippen LogP contribution is 1.89. The molecule has 15 heavy (non-hydrogen) atoms. The van der Waals surface area contributed by atoms with E-state index in [1.807, 2.05) is 0 Å². The van der Waals surface area contributed by atoms with Crippen LogP contribution in [0.25, 0.3) is 0 Å². The predicted octanol–water partition coefficient (Wildman–Crippen LogP) is -0.0581. The van der Waals surface area contributed by atoms with Gasteiger partial charge in [-0.15, -0.1) is 0 Å². The summed E-state index contributed by atoms with van der Waals surface area (Å²) in [4.78, 5) is 0. The van der Waals surface area contributed by atoms with E-state index in [0.717, 1.165) is 13.0 Å². The zero-order valence-corrected chi connectivity index (χ0v) is 10.4. The third-order valence-electron chi connectivity index (χ3n) is 1.81. The fourth-order valence-corrected chi connectivity index (χ4v) is 2.12. The first kappa shape index (κ1) is 14.8. The smallest absolute Gasteiger partial charge is 0.211 e. The van der Waals surface area contributed by atoms with Gasteiger partial charge in [-0.25, -0.2) is 13.1 Å². The molecule has 0 radical (unpaired) electrons. The fourth-order valence-electron chi connectivity index (χ4n) is 1.06. The summed E-state index contributed by atoms with van der Waals surface area (Å²) in [6, 6.07) is 0. The van der Waals surface area contributed by atoms with Gasteiger partial charge in [0.25, 0.3) is 0 Å². The van der Waals surface area contributed by atoms with E-state index in [4.69, 9.17) is 4.74 Å². The van der Waals surface area contributed by atoms with Crippen LogP contribution in [0.1, 0.15) is 19.8 Å². The molecule has 0 aliphatic rings. The van der Waals surface area contributed by atoms with Crippen LogP contribution in [0.5, 0.6) is 0 Å². The number of rotatable bonds is 10. The van der Waals surface area contributed by atoms with Crippen molar-refractivity contribution in [3.05, 3.63) is 0 Å². The van der Waals surface area contributed by atoms with E-state index in [1.54, 1.807) is 7.11 Å². The second kappa shape index (κ2) is 9.08. The Labute approximate surface area is 92.6 Å². The highest BCUT2D eigenvalue weighted by Gasteiger charge is 2.07. The molecular formula is C9H22N2O3S. The monoisotopic (exact) mass is 238 g/mol. The van der Waals surface area contributed by atoms with Crippen LogP contribution in [0.2, 0.25) is 0 Å². The molecule has 0 aliphatic carbocycles. The summed E-state index contributed by atoms with van der Waals surface area (Å²) in [7, 11) is -1.55. The summed E-state index contributed by atoms with van der Waals surface area (Å²) >= 11 is 0. The van der Waals surface area contributed by atoms with Gasteiger partial charge < -0.3 is 10.1 Å². The molecule has 0 spiro atoms. The largest absolute Gasteiger partial charge is 0.385 e. The lowest BCUT2D eigenvalue weighted by Crippen LogP contribution is -2.33. The minimum atomic E-state index is -3.11. The van der Waals surface area contributed by atoms with Gasteiger partial charge in [0.15, 0.2) is 0 Å². The zero-order valence-electron chi connectivity index (χ0n) is 9.58. The van der Waals surface area contributed by atoms with Crippen LogP contribution in [0.3, 0.4) is 0 Å². The molecule has 0 saturated heterocycles. The summed E-state index contributed by atoms with van der Waals surface area (Å²) in [6.45, 7) is 4.61. The van der Waals surface area contributed by atoms with Crippen LogP contribution in [-0.2, 0) is 14.8 Å². The zero-order chi connectivity index (χ0) is 11.6. The van der Waals surface area contributed by atoms with Gasteiger partial charge in [-0.3, -0.25) is 0 Å². The molecule has 0 atom stereocenters. The molecule has 0 amide bonds. The Morgan fingerprint density at radius 3 is 2.53 bits per heavy atom. The summed E-state index contributed by atoms with van der Waals surface area (Å²) in [5, 5.41) is 3.12. The lowest BCUT2D eigenvalue weighted by molar-refractivity contribution is 0.199. The van der Waals surface area contributed by atoms with Gasteiger partial charge in [-0.1, -0.05) is 6.92 Å². The summed E-state index contributed by atoms with van der Waals surface area (Å²) in [6.07, 6.45) is 1.59. The first-order valence-corrected chi connectivity index (χ1v) is 6.94. The number of sulfonamides is 1. The maximum atomic E-state index is 11.3. The van der Waals surface area contributed by atoms with Crippen molar-refractivity contribution in [2.75, 3.05) is 39.1 Å². The molecule has 0 aromatic rings. The molecule has 0 aromatic heterocycles. The number of methoxy groups -OCH3 is 1. The molecule has 0 fully saturated rings. The number of hydrogen-bond donors (Lipinski definition) is 2. The average molecular weight is 238 g/mol. The fraction of sp³-hybridized carbons (Fsp3) is 1.00. The minimum Gasteiger partial charge on any atom is -0.385 e. The normalized spacial score (nSPS) is 11.9. The average Bonchev–Trinajstić information content (AvgIpc) is 2.17. The second-order valence-corrected chi connectivity index (χ2v) is 5.24. The number of nitrogens with one attached hydrogen (secondary N) is 2. The Morgan fingerprint density at radius 1 is 1.20 bits per heavy atom. The van der Waals surface area contributed by atoms with Crippen molar-refractivity contribution in [3.8, 4) is 0 Å². The molecule has 6 heteroatoms. The molecule has 0 rings (SSSR count). The van der Waals surface area contributed by atoms with Crippen LogP contribution in [-0.4, -0.2) is 47.5 Å². The van der Waals surface area contributed by atoms with E-state index in [2.05, 4.69) is 17.0 Å². The van der Waals surface area contributed by atoms with E-state index in [9.17, 15) is 8.42 Å². The SMILES string of the molecule is CCCNCCNS(=O)(=O)CCCOC. The van der Waals surface area contributed by atoms with Gasteiger partial charge in [-0.05, 0) is 19.4 Å². The van der Waals surface area contributed by atoms with E-state index < -0.39 is 10.0 Å². The van der Waals surface area contributed by atoms with Gasteiger partial charge in [0.1, 0.15) is 0 Å². The van der Waals surface area contributed by atoms with Gasteiger partial charge in [0, 0.05) is 26.8 Å². The summed E-state index contributed by atoms with van der Waals surface area (Å²) < 4.78 is 30.0. The Bertz CT molecular complexity index is 230. The first-order chi connectivity index (χ1) is 7.12. The van der Waals surface area contributed by atoms with Crippen LogP contribution in [0.15, 0.2) is 0 Å². The maximum Gasteiger partial charge on any atom is 0.211 e. The molecule has 0 aliphatic heterocycles. The lowest BCUT2D eigenvalue weighted by Gasteiger charge is -2.06. The topological polar surface area (TPSA) is 67.4 Å². The van der Waals surface area contributed by atoms with E-state index in [0.29, 0.717) is 26.1 Å². The maximum absolute atomic E-state index is 11.3. The minimum absolute atomic E-state index is 0.134. The van der Waals surface area contributed by atoms with Gasteiger partial charge in [-0.2, -0.15) is 0 Å². The second-order valence-electron chi connectivity index (χ2n) is 3.31. The van der Waals surface area contributed by atoms with Gasteiger partial charge in [0.2, 0.25) is 10.0 Å². The van der Waals surface area contributed by atoms with E-state index >= 15 is 0 Å². The standard InChI is InChI=1S/C9H22N2O3S/c1-3-5-10-6-7-11-15(12,13)9-4-8-14-2/h10-11H,3-9H2,1-2H3. The lowest BCUT2D eigenvalue weighted by atomic mass is 10.5. The Balaban J connectivity index is 3.47. The molecule has 0 unspecified atom stereocenters. The van der Waals surface area contributed by atoms with Crippen LogP contribution in [0, 0.1) is 0 Å². The van der Waals surface area contributed by atoms with Gasteiger partial charge >= 0.3 is 0 Å². The molecule has 0 heterocycles. The summed E-state index contributed by atoms with van der Waals surface area (Å²) in [5.41, 5.74) is 0. The van der Waals surface area contributed by atoms with Crippen molar-refractivity contribution in [2.24, 2.45) is 0 Å².